The van der Waals surface area contributed by atoms with E-state index in [1.165, 1.54) is 0 Å². The summed E-state index contributed by atoms with van der Waals surface area (Å²) in [5.41, 5.74) is 7.93. The Balaban J connectivity index is 1.51. The molecule has 5 rings (SSSR count). The molecule has 200 valence electrons. The lowest BCUT2D eigenvalue weighted by atomic mass is 9.79. The minimum Gasteiger partial charge on any atom is -0.481 e. The normalized spacial score (nSPS) is 19.9. The Bertz CT molecular complexity index is 1280. The summed E-state index contributed by atoms with van der Waals surface area (Å²) in [6.07, 6.45) is 5.72. The molecule has 3 atom stereocenters. The maximum Gasteiger partial charge on any atom is 0.303 e. The predicted octanol–water partition coefficient (Wildman–Crippen LogP) is 4.81. The van der Waals surface area contributed by atoms with E-state index in [0.717, 1.165) is 65.2 Å². The van der Waals surface area contributed by atoms with Gasteiger partial charge in [0.05, 0.1) is 18.0 Å². The molecule has 1 aromatic heterocycles. The number of rotatable bonds is 10. The monoisotopic (exact) mass is 518 g/mol. The number of aliphatic hydroxyl groups excluding tert-OH is 1. The average molecular weight is 519 g/mol. The van der Waals surface area contributed by atoms with Crippen LogP contribution >= 0.6 is 0 Å². The molecule has 38 heavy (non-hydrogen) atoms. The van der Waals surface area contributed by atoms with Crippen molar-refractivity contribution in [2.75, 3.05) is 18.1 Å². The Hall–Kier alpha value is -3.66. The Kier molecular flexibility index (Phi) is 8.07. The van der Waals surface area contributed by atoms with Crippen molar-refractivity contribution in [3.05, 3.63) is 72.1 Å². The fourth-order valence-corrected chi connectivity index (χ4v) is 5.49. The van der Waals surface area contributed by atoms with E-state index in [9.17, 15) is 15.0 Å². The fraction of sp³-hybridized carbons (Fsp3) is 0.379. The minimum absolute atomic E-state index is 0.00847. The number of carboxylic acid groups (broad SMARTS) is 1. The van der Waals surface area contributed by atoms with Gasteiger partial charge in [0.25, 0.3) is 0 Å². The van der Waals surface area contributed by atoms with E-state index in [0.29, 0.717) is 13.0 Å². The van der Waals surface area contributed by atoms with Crippen molar-refractivity contribution in [3.8, 4) is 22.6 Å². The van der Waals surface area contributed by atoms with Crippen molar-refractivity contribution in [2.45, 2.75) is 45.1 Å². The predicted molar refractivity (Wildman–Crippen MR) is 144 cm³/mol. The lowest BCUT2D eigenvalue weighted by Gasteiger charge is -2.33. The number of carbonyl (C=O) groups is 1. The van der Waals surface area contributed by atoms with Crippen LogP contribution in [-0.4, -0.2) is 34.4 Å². The zero-order chi connectivity index (χ0) is 26.5. The summed E-state index contributed by atoms with van der Waals surface area (Å²) in [6.45, 7) is 3.60. The Morgan fingerprint density at radius 1 is 1.21 bits per heavy atom. The summed E-state index contributed by atoms with van der Waals surface area (Å²) in [7, 11) is 0. The molecule has 0 spiro atoms. The van der Waals surface area contributed by atoms with Crippen molar-refractivity contribution >= 4 is 11.7 Å². The number of benzene rings is 2. The number of nitrogens with one attached hydrogen (secondary N) is 2. The third-order valence-corrected chi connectivity index (χ3v) is 7.40. The maximum atomic E-state index is 11.4. The molecule has 2 unspecified atom stereocenters. The summed E-state index contributed by atoms with van der Waals surface area (Å²) in [6, 6.07) is 15.7. The van der Waals surface area contributed by atoms with E-state index >= 15 is 0 Å². The summed E-state index contributed by atoms with van der Waals surface area (Å²) < 4.78 is 5.92. The first-order valence-corrected chi connectivity index (χ1v) is 13.2. The van der Waals surface area contributed by atoms with Gasteiger partial charge >= 0.3 is 5.97 Å². The molecule has 0 saturated carbocycles. The lowest BCUT2D eigenvalue weighted by molar-refractivity contribution is -0.138. The van der Waals surface area contributed by atoms with Crippen molar-refractivity contribution < 1.29 is 24.4 Å². The van der Waals surface area contributed by atoms with Gasteiger partial charge in [0.2, 0.25) is 0 Å². The molecule has 3 heterocycles. The van der Waals surface area contributed by atoms with Gasteiger partial charge in [-0.1, -0.05) is 60.5 Å². The van der Waals surface area contributed by atoms with Crippen LogP contribution in [0, 0.1) is 11.8 Å². The maximum absolute atomic E-state index is 11.4. The van der Waals surface area contributed by atoms with E-state index in [4.69, 9.17) is 9.36 Å². The molecule has 2 aliphatic heterocycles. The quantitative estimate of drug-likeness (QED) is 0.300. The average Bonchev–Trinajstić information content (AvgIpc) is 3.61. The van der Waals surface area contributed by atoms with Crippen LogP contribution in [-0.2, 0) is 16.1 Å². The molecular weight excluding hydrogens is 484 g/mol. The molecule has 4 N–H and O–H groups in total. The Morgan fingerprint density at radius 3 is 2.79 bits per heavy atom. The molecule has 1 fully saturated rings. The largest absolute Gasteiger partial charge is 0.481 e. The van der Waals surface area contributed by atoms with Crippen LogP contribution in [0.15, 0.2) is 65.5 Å². The number of hydrazine groups is 1. The van der Waals surface area contributed by atoms with Gasteiger partial charge in [0, 0.05) is 23.1 Å². The van der Waals surface area contributed by atoms with Gasteiger partial charge < -0.3 is 24.9 Å². The van der Waals surface area contributed by atoms with Crippen molar-refractivity contribution in [3.63, 3.8) is 0 Å². The van der Waals surface area contributed by atoms with E-state index in [1.807, 2.05) is 48.5 Å². The van der Waals surface area contributed by atoms with Crippen LogP contribution in [0.1, 0.15) is 49.8 Å². The van der Waals surface area contributed by atoms with Crippen LogP contribution in [0.25, 0.3) is 22.6 Å². The second-order valence-electron chi connectivity index (χ2n) is 9.96. The van der Waals surface area contributed by atoms with Gasteiger partial charge in [0.15, 0.2) is 5.76 Å². The van der Waals surface area contributed by atoms with E-state index in [-0.39, 0.29) is 18.3 Å². The van der Waals surface area contributed by atoms with E-state index < -0.39 is 12.1 Å². The highest BCUT2D eigenvalue weighted by Gasteiger charge is 2.30. The number of anilines is 1. The molecule has 0 radical (unpaired) electrons. The van der Waals surface area contributed by atoms with E-state index in [1.54, 1.807) is 17.5 Å². The van der Waals surface area contributed by atoms with Gasteiger partial charge in [-0.3, -0.25) is 4.79 Å². The summed E-state index contributed by atoms with van der Waals surface area (Å²) >= 11 is 0. The highest BCUT2D eigenvalue weighted by atomic mass is 16.7. The fourth-order valence-electron chi connectivity index (χ4n) is 5.49. The molecule has 0 amide bonds. The van der Waals surface area contributed by atoms with Crippen LogP contribution < -0.4 is 15.9 Å². The molecule has 2 aromatic carbocycles. The van der Waals surface area contributed by atoms with Crippen LogP contribution in [0.2, 0.25) is 0 Å². The topological polar surface area (TPSA) is 120 Å². The van der Waals surface area contributed by atoms with Gasteiger partial charge in [-0.2, -0.15) is 0 Å². The summed E-state index contributed by atoms with van der Waals surface area (Å²) in [5, 5.41) is 30.3. The number of aliphatic hydroxyl groups is 1. The minimum atomic E-state index is -0.804. The number of aromatic nitrogens is 1. The molecule has 9 heteroatoms. The molecule has 0 aliphatic carbocycles. The zero-order valence-corrected chi connectivity index (χ0v) is 21.5. The smallest absolute Gasteiger partial charge is 0.303 e. The number of hydrogen-bond donors (Lipinski definition) is 4. The summed E-state index contributed by atoms with van der Waals surface area (Å²) in [4.78, 5) is 16.6. The van der Waals surface area contributed by atoms with Crippen LogP contribution in [0.3, 0.4) is 0 Å². The van der Waals surface area contributed by atoms with Gasteiger partial charge in [-0.15, -0.1) is 0 Å². The first-order chi connectivity index (χ1) is 18.5. The summed E-state index contributed by atoms with van der Waals surface area (Å²) in [5.74, 6) is 0.0500. The molecule has 2 aliphatic rings. The van der Waals surface area contributed by atoms with Gasteiger partial charge in [0.1, 0.15) is 12.0 Å². The lowest BCUT2D eigenvalue weighted by Crippen LogP contribution is -2.38. The number of hydrogen-bond acceptors (Lipinski definition) is 8. The highest BCUT2D eigenvalue weighted by molar-refractivity contribution is 5.82. The third kappa shape index (κ3) is 5.60. The van der Waals surface area contributed by atoms with Crippen LogP contribution in [0.4, 0.5) is 5.69 Å². The highest BCUT2D eigenvalue weighted by Crippen LogP contribution is 2.40. The van der Waals surface area contributed by atoms with E-state index in [2.05, 4.69) is 23.0 Å². The van der Waals surface area contributed by atoms with Crippen molar-refractivity contribution in [1.29, 1.82) is 0 Å². The van der Waals surface area contributed by atoms with Gasteiger partial charge in [-0.05, 0) is 61.9 Å². The van der Waals surface area contributed by atoms with Gasteiger partial charge in [-0.25, -0.2) is 5.01 Å². The number of aliphatic carboxylic acids is 1. The van der Waals surface area contributed by atoms with Crippen molar-refractivity contribution in [1.82, 2.24) is 16.1 Å². The second-order valence-corrected chi connectivity index (χ2v) is 9.96. The molecule has 0 bridgehead atoms. The van der Waals surface area contributed by atoms with Crippen molar-refractivity contribution in [2.24, 2.45) is 11.8 Å². The Morgan fingerprint density at radius 2 is 2.05 bits per heavy atom. The SMILES string of the molecule is CCCc1c(-c2cc(C(O)CC3CCNC[C@H]3CC(=O)O)ccc2N2C=CON2)noc1-c1ccccc1. The molecule has 3 aromatic rings. The molecule has 1 saturated heterocycles. The zero-order valence-electron chi connectivity index (χ0n) is 21.5. The molecular formula is C29H34N4O5. The number of piperidine rings is 1. The standard InChI is InChI=1S/C29H34N4O5/c1-2-6-23-28(31-38-29(23)19-7-4-3-5-8-19)24-15-21(9-10-25(24)33-13-14-37-32-33)26(34)16-20-11-12-30-18-22(20)17-27(35)36/h3-5,7-10,13-15,20,22,26,30,32,34H,2,6,11-12,16-18H2,1H3,(H,35,36)/t20?,22-,26?/m1/s1. The second kappa shape index (κ2) is 11.8. The number of carboxylic acids is 1. The first-order valence-electron chi connectivity index (χ1n) is 13.2. The Labute approximate surface area is 222 Å². The third-order valence-electron chi connectivity index (χ3n) is 7.40. The molecule has 9 nitrogen and oxygen atoms in total. The first kappa shape index (κ1) is 26.0. The van der Waals surface area contributed by atoms with Crippen LogP contribution in [0.5, 0.6) is 0 Å². The number of nitrogens with zero attached hydrogens (tertiary/aromatic N) is 2.